The van der Waals surface area contributed by atoms with Crippen LogP contribution >= 0.6 is 22.9 Å². The average Bonchev–Trinajstić information content (AvgIpc) is 3.07. The molecule has 0 spiro atoms. The van der Waals surface area contributed by atoms with Gasteiger partial charge >= 0.3 is 5.97 Å². The van der Waals surface area contributed by atoms with Crippen molar-refractivity contribution in [2.75, 3.05) is 11.9 Å². The molecule has 25 heavy (non-hydrogen) atoms. The van der Waals surface area contributed by atoms with Crippen molar-refractivity contribution in [2.45, 2.75) is 6.61 Å². The summed E-state index contributed by atoms with van der Waals surface area (Å²) in [6, 6.07) is 16.7. The molecule has 1 N–H and O–H groups in total. The average molecular weight is 375 g/mol. The van der Waals surface area contributed by atoms with Crippen LogP contribution in [0.15, 0.2) is 60.0 Å². The SMILES string of the molecule is O=C(COc1ccccc1Cl)OCc1csc(Nc2ccccc2)n1. The second-order valence-corrected chi connectivity index (χ2v) is 6.28. The second kappa shape index (κ2) is 8.50. The van der Waals surface area contributed by atoms with Crippen LogP contribution in [0.4, 0.5) is 10.8 Å². The zero-order chi connectivity index (χ0) is 17.5. The number of nitrogens with zero attached hydrogens (tertiary/aromatic N) is 1. The molecule has 0 unspecified atom stereocenters. The molecule has 0 saturated heterocycles. The van der Waals surface area contributed by atoms with Crippen molar-refractivity contribution in [1.82, 2.24) is 4.98 Å². The maximum atomic E-state index is 11.8. The largest absolute Gasteiger partial charge is 0.480 e. The minimum Gasteiger partial charge on any atom is -0.480 e. The summed E-state index contributed by atoms with van der Waals surface area (Å²) in [5, 5.41) is 6.22. The van der Waals surface area contributed by atoms with Gasteiger partial charge in [0.25, 0.3) is 0 Å². The minimum atomic E-state index is -0.481. The number of hydrogen-bond acceptors (Lipinski definition) is 6. The normalized spacial score (nSPS) is 10.3. The Balaban J connectivity index is 1.45. The molecule has 7 heteroatoms. The van der Waals surface area contributed by atoms with Crippen LogP contribution < -0.4 is 10.1 Å². The molecule has 1 aromatic heterocycles. The molecule has 0 atom stereocenters. The van der Waals surface area contributed by atoms with Crippen LogP contribution in [-0.2, 0) is 16.1 Å². The first-order chi connectivity index (χ1) is 12.2. The van der Waals surface area contributed by atoms with Crippen LogP contribution in [0.25, 0.3) is 0 Å². The summed E-state index contributed by atoms with van der Waals surface area (Å²) in [5.41, 5.74) is 1.63. The van der Waals surface area contributed by atoms with Gasteiger partial charge in [-0.2, -0.15) is 0 Å². The monoisotopic (exact) mass is 374 g/mol. The number of halogens is 1. The van der Waals surface area contributed by atoms with E-state index in [2.05, 4.69) is 10.3 Å². The molecule has 0 aliphatic heterocycles. The van der Waals surface area contributed by atoms with Crippen molar-refractivity contribution >= 4 is 39.7 Å². The zero-order valence-electron chi connectivity index (χ0n) is 13.1. The molecule has 0 aliphatic rings. The number of carbonyl (C=O) groups excluding carboxylic acids is 1. The summed E-state index contributed by atoms with van der Waals surface area (Å²) in [7, 11) is 0. The quantitative estimate of drug-likeness (QED) is 0.609. The van der Waals surface area contributed by atoms with Crippen molar-refractivity contribution in [3.63, 3.8) is 0 Å². The summed E-state index contributed by atoms with van der Waals surface area (Å²) in [5.74, 6) is -0.0328. The number of benzene rings is 2. The highest BCUT2D eigenvalue weighted by atomic mass is 35.5. The molecule has 0 bridgehead atoms. The first-order valence-electron chi connectivity index (χ1n) is 7.50. The molecule has 3 rings (SSSR count). The summed E-state index contributed by atoms with van der Waals surface area (Å²) in [4.78, 5) is 16.1. The Hall–Kier alpha value is -2.57. The van der Waals surface area contributed by atoms with E-state index in [1.807, 2.05) is 35.7 Å². The lowest BCUT2D eigenvalue weighted by molar-refractivity contribution is -0.147. The lowest BCUT2D eigenvalue weighted by Crippen LogP contribution is -2.15. The Morgan fingerprint density at radius 2 is 1.88 bits per heavy atom. The lowest BCUT2D eigenvalue weighted by atomic mass is 10.3. The van der Waals surface area contributed by atoms with Crippen LogP contribution in [0.3, 0.4) is 0 Å². The van der Waals surface area contributed by atoms with E-state index in [1.54, 1.807) is 24.3 Å². The predicted molar refractivity (Wildman–Crippen MR) is 98.6 cm³/mol. The van der Waals surface area contributed by atoms with Gasteiger partial charge in [0.1, 0.15) is 12.4 Å². The Labute approximate surface area is 154 Å². The second-order valence-electron chi connectivity index (χ2n) is 5.01. The van der Waals surface area contributed by atoms with E-state index < -0.39 is 5.97 Å². The Kier molecular flexibility index (Phi) is 5.87. The third-order valence-electron chi connectivity index (χ3n) is 3.14. The fraction of sp³-hybridized carbons (Fsp3) is 0.111. The van der Waals surface area contributed by atoms with Crippen molar-refractivity contribution < 1.29 is 14.3 Å². The van der Waals surface area contributed by atoms with Crippen LogP contribution in [0.2, 0.25) is 5.02 Å². The van der Waals surface area contributed by atoms with Gasteiger partial charge in [-0.1, -0.05) is 41.9 Å². The molecule has 0 radical (unpaired) electrons. The summed E-state index contributed by atoms with van der Waals surface area (Å²) < 4.78 is 10.5. The van der Waals surface area contributed by atoms with E-state index in [-0.39, 0.29) is 13.2 Å². The summed E-state index contributed by atoms with van der Waals surface area (Å²) >= 11 is 7.40. The molecule has 3 aromatic rings. The highest BCUT2D eigenvalue weighted by Gasteiger charge is 2.09. The van der Waals surface area contributed by atoms with Gasteiger partial charge in [0.05, 0.1) is 10.7 Å². The van der Waals surface area contributed by atoms with Gasteiger partial charge in [0.15, 0.2) is 11.7 Å². The minimum absolute atomic E-state index is 0.0949. The first-order valence-corrected chi connectivity index (χ1v) is 8.76. The number of thiazole rings is 1. The fourth-order valence-corrected chi connectivity index (χ4v) is 2.88. The van der Waals surface area contributed by atoms with Crippen LogP contribution in [-0.4, -0.2) is 17.6 Å². The number of rotatable bonds is 7. The molecule has 2 aromatic carbocycles. The molecule has 1 heterocycles. The third kappa shape index (κ3) is 5.20. The van der Waals surface area contributed by atoms with Gasteiger partial charge in [-0.05, 0) is 24.3 Å². The standard InChI is InChI=1S/C18H15ClN2O3S/c19-15-8-4-5-9-16(15)23-11-17(22)24-10-14-12-25-18(21-14)20-13-6-2-1-3-7-13/h1-9,12H,10-11H2,(H,20,21). The molecule has 0 saturated carbocycles. The highest BCUT2D eigenvalue weighted by Crippen LogP contribution is 2.23. The van der Waals surface area contributed by atoms with Gasteiger partial charge in [-0.3, -0.25) is 0 Å². The zero-order valence-corrected chi connectivity index (χ0v) is 14.7. The van der Waals surface area contributed by atoms with E-state index in [4.69, 9.17) is 21.1 Å². The van der Waals surface area contributed by atoms with Gasteiger partial charge in [0.2, 0.25) is 0 Å². The molecule has 128 valence electrons. The Bertz CT molecular complexity index is 839. The number of para-hydroxylation sites is 2. The lowest BCUT2D eigenvalue weighted by Gasteiger charge is -2.07. The van der Waals surface area contributed by atoms with Gasteiger partial charge in [0, 0.05) is 11.1 Å². The topological polar surface area (TPSA) is 60.5 Å². The molecular weight excluding hydrogens is 360 g/mol. The number of carbonyl (C=O) groups is 1. The van der Waals surface area contributed by atoms with Gasteiger partial charge < -0.3 is 14.8 Å². The smallest absolute Gasteiger partial charge is 0.344 e. The van der Waals surface area contributed by atoms with Crippen LogP contribution in [0.5, 0.6) is 5.75 Å². The molecular formula is C18H15ClN2O3S. The Morgan fingerprint density at radius 3 is 2.68 bits per heavy atom. The molecule has 0 amide bonds. The third-order valence-corrected chi connectivity index (χ3v) is 4.26. The summed E-state index contributed by atoms with van der Waals surface area (Å²) in [6.45, 7) is -0.110. The van der Waals surface area contributed by atoms with Crippen molar-refractivity contribution in [3.05, 3.63) is 70.7 Å². The number of hydrogen-bond donors (Lipinski definition) is 1. The van der Waals surface area contributed by atoms with Gasteiger partial charge in [-0.25, -0.2) is 9.78 Å². The number of aromatic nitrogens is 1. The van der Waals surface area contributed by atoms with E-state index >= 15 is 0 Å². The van der Waals surface area contributed by atoms with Crippen molar-refractivity contribution in [1.29, 1.82) is 0 Å². The number of esters is 1. The number of anilines is 2. The van der Waals surface area contributed by atoms with Crippen molar-refractivity contribution in [2.24, 2.45) is 0 Å². The maximum absolute atomic E-state index is 11.8. The molecule has 0 aliphatic carbocycles. The van der Waals surface area contributed by atoms with Crippen LogP contribution in [0, 0.1) is 0 Å². The van der Waals surface area contributed by atoms with E-state index in [0.717, 1.165) is 10.8 Å². The van der Waals surface area contributed by atoms with Crippen molar-refractivity contribution in [3.8, 4) is 5.75 Å². The number of ether oxygens (including phenoxy) is 2. The van der Waals surface area contributed by atoms with E-state index in [9.17, 15) is 4.79 Å². The predicted octanol–water partition coefficient (Wildman–Crippen LogP) is 4.66. The van der Waals surface area contributed by atoms with Crippen LogP contribution in [0.1, 0.15) is 5.69 Å². The fourth-order valence-electron chi connectivity index (χ4n) is 1.97. The Morgan fingerprint density at radius 1 is 1.12 bits per heavy atom. The van der Waals surface area contributed by atoms with Gasteiger partial charge in [-0.15, -0.1) is 11.3 Å². The molecule has 0 fully saturated rings. The van der Waals surface area contributed by atoms with E-state index in [0.29, 0.717) is 16.5 Å². The maximum Gasteiger partial charge on any atom is 0.344 e. The molecule has 5 nitrogen and oxygen atoms in total. The highest BCUT2D eigenvalue weighted by molar-refractivity contribution is 7.13. The first kappa shape index (κ1) is 17.3. The summed E-state index contributed by atoms with van der Waals surface area (Å²) in [6.07, 6.45) is 0. The number of nitrogens with one attached hydrogen (secondary N) is 1. The van der Waals surface area contributed by atoms with E-state index in [1.165, 1.54) is 11.3 Å².